The summed E-state index contributed by atoms with van der Waals surface area (Å²) in [7, 11) is -8.16. The van der Waals surface area contributed by atoms with Crippen molar-refractivity contribution < 1.29 is 26.6 Å². The Balaban J connectivity index is 1.56. The number of aryl methyl sites for hydroxylation is 1. The molecule has 0 bridgehead atoms. The van der Waals surface area contributed by atoms with E-state index in [0.717, 1.165) is 40.3 Å². The summed E-state index contributed by atoms with van der Waals surface area (Å²) in [5.74, 6) is -0.738. The molecule has 0 radical (unpaired) electrons. The number of amides is 1. The number of hydrogen-bond donors (Lipinski definition) is 1. The molecule has 0 fully saturated rings. The van der Waals surface area contributed by atoms with Crippen LogP contribution in [0.25, 0.3) is 0 Å². The average Bonchev–Trinajstić information content (AvgIpc) is 3.37. The minimum Gasteiger partial charge on any atom is -0.300 e. The van der Waals surface area contributed by atoms with Crippen LogP contribution >= 0.6 is 11.3 Å². The third kappa shape index (κ3) is 5.72. The smallest absolute Gasteiger partial charge is 0.269 e. The molecule has 0 aliphatic carbocycles. The lowest BCUT2D eigenvalue weighted by Crippen LogP contribution is -2.38. The normalized spacial score (nSPS) is 11.6. The molecule has 11 nitrogen and oxygen atoms in total. The highest BCUT2D eigenvalue weighted by molar-refractivity contribution is 7.93. The highest BCUT2D eigenvalue weighted by Gasteiger charge is 2.28. The number of aromatic nitrogens is 1. The number of nitro groups is 1. The maximum Gasteiger partial charge on any atom is 0.269 e. The van der Waals surface area contributed by atoms with E-state index in [0.29, 0.717) is 11.3 Å². The van der Waals surface area contributed by atoms with Crippen molar-refractivity contribution in [2.45, 2.75) is 20.9 Å². The molecule has 0 aliphatic heterocycles. The number of nitrogens with zero attached hydrogens (tertiary/aromatic N) is 3. The Hall–Kier alpha value is -4.14. The van der Waals surface area contributed by atoms with Crippen LogP contribution in [0, 0.1) is 17.0 Å². The standard InChI is InChI=1S/C24H20N4O7S3/c1-17-7-11-21(12-8-17)38(34,35)27(18-5-3-2-4-6-18)16-22(29)26-24-25-15-23(36-24)37(32,33)20-13-9-19(10-14-20)28(30)31/h2-15H,16H2,1H3,(H,25,26,29). The molecule has 0 unspecified atom stereocenters. The minimum absolute atomic E-state index is 0.00507. The Bertz CT molecular complexity index is 1690. The van der Waals surface area contributed by atoms with Crippen molar-refractivity contribution in [2.24, 2.45) is 0 Å². The number of rotatable bonds is 9. The molecule has 0 saturated heterocycles. The van der Waals surface area contributed by atoms with Gasteiger partial charge in [-0.3, -0.25) is 19.2 Å². The molecule has 1 aromatic heterocycles. The lowest BCUT2D eigenvalue weighted by molar-refractivity contribution is -0.384. The number of sulfonamides is 1. The second-order valence-corrected chi connectivity index (χ2v) is 13.0. The molecule has 4 aromatic rings. The zero-order valence-corrected chi connectivity index (χ0v) is 22.2. The van der Waals surface area contributed by atoms with Gasteiger partial charge in [0.2, 0.25) is 15.7 Å². The number of hydrogen-bond acceptors (Lipinski definition) is 9. The number of thiazole rings is 1. The van der Waals surface area contributed by atoms with Gasteiger partial charge in [0.1, 0.15) is 10.8 Å². The van der Waals surface area contributed by atoms with E-state index in [2.05, 4.69) is 10.3 Å². The van der Waals surface area contributed by atoms with Gasteiger partial charge >= 0.3 is 0 Å². The molecular formula is C24H20N4O7S3. The molecule has 0 atom stereocenters. The fourth-order valence-corrected chi connectivity index (χ4v) is 7.21. The van der Waals surface area contributed by atoms with Crippen molar-refractivity contribution in [1.82, 2.24) is 4.98 Å². The highest BCUT2D eigenvalue weighted by Crippen LogP contribution is 2.30. The van der Waals surface area contributed by atoms with E-state index in [9.17, 15) is 31.7 Å². The number of anilines is 2. The van der Waals surface area contributed by atoms with Crippen LogP contribution in [0.3, 0.4) is 0 Å². The van der Waals surface area contributed by atoms with Gasteiger partial charge in [0.05, 0.1) is 26.6 Å². The molecule has 0 aliphatic rings. The molecule has 38 heavy (non-hydrogen) atoms. The quantitative estimate of drug-likeness (QED) is 0.233. The van der Waals surface area contributed by atoms with Crippen LogP contribution in [-0.2, 0) is 24.7 Å². The minimum atomic E-state index is -4.11. The number of carbonyl (C=O) groups is 1. The van der Waals surface area contributed by atoms with Crippen molar-refractivity contribution in [1.29, 1.82) is 0 Å². The second-order valence-electron chi connectivity index (χ2n) is 7.95. The predicted octanol–water partition coefficient (Wildman–Crippen LogP) is 4.03. The summed E-state index contributed by atoms with van der Waals surface area (Å²) in [5.41, 5.74) is 0.879. The van der Waals surface area contributed by atoms with Gasteiger partial charge in [-0.1, -0.05) is 47.2 Å². The van der Waals surface area contributed by atoms with Gasteiger partial charge in [0.25, 0.3) is 15.7 Å². The zero-order valence-electron chi connectivity index (χ0n) is 19.7. The van der Waals surface area contributed by atoms with Crippen LogP contribution in [0.1, 0.15) is 5.56 Å². The highest BCUT2D eigenvalue weighted by atomic mass is 32.2. The van der Waals surface area contributed by atoms with Crippen molar-refractivity contribution >= 4 is 53.6 Å². The predicted molar refractivity (Wildman–Crippen MR) is 141 cm³/mol. The van der Waals surface area contributed by atoms with Gasteiger partial charge in [0, 0.05) is 12.1 Å². The largest absolute Gasteiger partial charge is 0.300 e. The number of sulfone groups is 1. The number of nitrogens with one attached hydrogen (secondary N) is 1. The molecule has 0 spiro atoms. The Morgan fingerprint density at radius 2 is 1.55 bits per heavy atom. The van der Waals surface area contributed by atoms with E-state index in [1.165, 1.54) is 12.1 Å². The number of benzene rings is 3. The Morgan fingerprint density at radius 1 is 0.947 bits per heavy atom. The van der Waals surface area contributed by atoms with E-state index in [1.807, 2.05) is 6.92 Å². The maximum atomic E-state index is 13.4. The molecule has 14 heteroatoms. The van der Waals surface area contributed by atoms with Gasteiger partial charge in [-0.15, -0.1) is 0 Å². The molecule has 4 rings (SSSR count). The first-order chi connectivity index (χ1) is 18.0. The van der Waals surface area contributed by atoms with Gasteiger partial charge in [0.15, 0.2) is 5.13 Å². The molecule has 196 valence electrons. The van der Waals surface area contributed by atoms with Crippen LogP contribution in [-0.4, -0.2) is 39.2 Å². The van der Waals surface area contributed by atoms with Gasteiger partial charge in [-0.2, -0.15) is 0 Å². The van der Waals surface area contributed by atoms with Crippen LogP contribution in [0.5, 0.6) is 0 Å². The first-order valence-electron chi connectivity index (χ1n) is 10.9. The monoisotopic (exact) mass is 572 g/mol. The number of para-hydroxylation sites is 1. The molecular weight excluding hydrogens is 552 g/mol. The van der Waals surface area contributed by atoms with Gasteiger partial charge < -0.3 is 5.32 Å². The van der Waals surface area contributed by atoms with Crippen LogP contribution in [0.2, 0.25) is 0 Å². The molecule has 0 saturated carbocycles. The van der Waals surface area contributed by atoms with E-state index >= 15 is 0 Å². The molecule has 1 heterocycles. The molecule has 1 amide bonds. The van der Waals surface area contributed by atoms with Crippen molar-refractivity contribution in [3.63, 3.8) is 0 Å². The van der Waals surface area contributed by atoms with E-state index in [-0.39, 0.29) is 30.5 Å². The molecule has 1 N–H and O–H groups in total. The number of nitro benzene ring substituents is 1. The third-order valence-corrected chi connectivity index (χ3v) is 10.2. The summed E-state index contributed by atoms with van der Waals surface area (Å²) in [6.45, 7) is 1.23. The topological polar surface area (TPSA) is 157 Å². The Morgan fingerprint density at radius 3 is 2.16 bits per heavy atom. The zero-order chi connectivity index (χ0) is 27.5. The summed E-state index contributed by atoms with van der Waals surface area (Å²) < 4.78 is 53.3. The van der Waals surface area contributed by atoms with Crippen molar-refractivity contribution in [3.05, 3.63) is 101 Å². The lowest BCUT2D eigenvalue weighted by Gasteiger charge is -2.24. The first kappa shape index (κ1) is 26.9. The number of non-ortho nitro benzene ring substituents is 1. The van der Waals surface area contributed by atoms with Gasteiger partial charge in [-0.05, 0) is 43.3 Å². The first-order valence-corrected chi connectivity index (χ1v) is 14.6. The Labute approximate surface area is 222 Å². The van der Waals surface area contributed by atoms with E-state index in [1.54, 1.807) is 42.5 Å². The lowest BCUT2D eigenvalue weighted by atomic mass is 10.2. The third-order valence-electron chi connectivity index (χ3n) is 5.29. The summed E-state index contributed by atoms with van der Waals surface area (Å²) in [4.78, 5) is 26.8. The SMILES string of the molecule is Cc1ccc(S(=O)(=O)N(CC(=O)Nc2ncc(S(=O)(=O)c3ccc([N+](=O)[O-])cc3)s2)c2ccccc2)cc1. The maximum absolute atomic E-state index is 13.4. The van der Waals surface area contributed by atoms with E-state index in [4.69, 9.17) is 0 Å². The second kappa shape index (κ2) is 10.7. The van der Waals surface area contributed by atoms with Crippen LogP contribution in [0.4, 0.5) is 16.5 Å². The summed E-state index contributed by atoms with van der Waals surface area (Å²) in [6.07, 6.45) is 1.05. The summed E-state index contributed by atoms with van der Waals surface area (Å²) >= 11 is 0.669. The summed E-state index contributed by atoms with van der Waals surface area (Å²) in [6, 6.07) is 18.7. The number of carbonyl (C=O) groups excluding carboxylic acids is 1. The van der Waals surface area contributed by atoms with Crippen LogP contribution in [0.15, 0.2) is 99.1 Å². The fraction of sp³-hybridized carbons (Fsp3) is 0.0833. The van der Waals surface area contributed by atoms with Gasteiger partial charge in [-0.25, -0.2) is 21.8 Å². The molecule has 3 aromatic carbocycles. The van der Waals surface area contributed by atoms with Crippen LogP contribution < -0.4 is 9.62 Å². The average molecular weight is 573 g/mol. The summed E-state index contributed by atoms with van der Waals surface area (Å²) in [5, 5.41) is 13.2. The fourth-order valence-electron chi connectivity index (χ4n) is 3.34. The van der Waals surface area contributed by atoms with Crippen molar-refractivity contribution in [2.75, 3.05) is 16.2 Å². The van der Waals surface area contributed by atoms with E-state index < -0.39 is 37.2 Å². The van der Waals surface area contributed by atoms with Crippen molar-refractivity contribution in [3.8, 4) is 0 Å². The Kier molecular flexibility index (Phi) is 7.57.